The summed E-state index contributed by atoms with van der Waals surface area (Å²) < 4.78 is 0. The Morgan fingerprint density at radius 3 is 2.64 bits per heavy atom. The molecule has 1 N–H and O–H groups in total. The number of halogens is 1. The van der Waals surface area contributed by atoms with Gasteiger partial charge in [0, 0.05) is 13.1 Å². The fraction of sp³-hybridized carbons (Fsp3) is 0.529. The minimum atomic E-state index is -1.11. The predicted octanol–water partition coefficient (Wildman–Crippen LogP) is 3.56. The average Bonchev–Trinajstić information content (AvgIpc) is 2.48. The molecule has 0 saturated carbocycles. The number of hydrogen-bond donors (Lipinski definition) is 1. The second-order valence-corrected chi connectivity index (χ2v) is 6.96. The van der Waals surface area contributed by atoms with Crippen LogP contribution in [0.25, 0.3) is 0 Å². The molecule has 1 unspecified atom stereocenters. The second-order valence-electron chi connectivity index (χ2n) is 6.56. The van der Waals surface area contributed by atoms with Crippen LogP contribution in [-0.2, 0) is 9.59 Å². The number of hydrogen-bond acceptors (Lipinski definition) is 2. The first-order valence-corrected chi connectivity index (χ1v) is 8.05. The number of nitrogens with zero attached hydrogens (tertiary/aromatic N) is 1. The summed E-state index contributed by atoms with van der Waals surface area (Å²) in [6.45, 7) is 6.92. The number of nitrogens with one attached hydrogen (secondary N) is 1. The van der Waals surface area contributed by atoms with E-state index in [-0.39, 0.29) is 11.8 Å². The van der Waals surface area contributed by atoms with E-state index < -0.39 is 5.41 Å². The van der Waals surface area contributed by atoms with Crippen molar-refractivity contribution in [2.45, 2.75) is 33.6 Å². The minimum absolute atomic E-state index is 0.122. The summed E-state index contributed by atoms with van der Waals surface area (Å²) >= 11 is 6.06. The molecule has 22 heavy (non-hydrogen) atoms. The van der Waals surface area contributed by atoms with E-state index >= 15 is 0 Å². The van der Waals surface area contributed by atoms with E-state index in [1.54, 1.807) is 43.0 Å². The van der Waals surface area contributed by atoms with Gasteiger partial charge in [-0.1, -0.05) is 30.7 Å². The lowest BCUT2D eigenvalue weighted by atomic mass is 9.88. The SMILES string of the molecule is CC1CCCN(C(=O)C(C)(C)C(=O)Nc2ccccc2Cl)C1. The molecule has 2 rings (SSSR count). The Morgan fingerprint density at radius 1 is 1.32 bits per heavy atom. The van der Waals surface area contributed by atoms with E-state index in [0.717, 1.165) is 25.9 Å². The van der Waals surface area contributed by atoms with Gasteiger partial charge >= 0.3 is 0 Å². The lowest BCUT2D eigenvalue weighted by Gasteiger charge is -2.36. The summed E-state index contributed by atoms with van der Waals surface area (Å²) in [6, 6.07) is 7.02. The maximum Gasteiger partial charge on any atom is 0.239 e. The number of benzene rings is 1. The summed E-state index contributed by atoms with van der Waals surface area (Å²) in [4.78, 5) is 27.1. The highest BCUT2D eigenvalue weighted by Gasteiger charge is 2.40. The van der Waals surface area contributed by atoms with E-state index in [2.05, 4.69) is 12.2 Å². The number of para-hydroxylation sites is 1. The number of amides is 2. The molecule has 0 aliphatic carbocycles. The van der Waals surface area contributed by atoms with Gasteiger partial charge in [-0.2, -0.15) is 0 Å². The van der Waals surface area contributed by atoms with Gasteiger partial charge in [-0.15, -0.1) is 0 Å². The van der Waals surface area contributed by atoms with Crippen molar-refractivity contribution in [1.82, 2.24) is 4.90 Å². The van der Waals surface area contributed by atoms with Crippen molar-refractivity contribution in [2.75, 3.05) is 18.4 Å². The zero-order valence-electron chi connectivity index (χ0n) is 13.4. The Hall–Kier alpha value is -1.55. The van der Waals surface area contributed by atoms with Gasteiger partial charge in [-0.3, -0.25) is 9.59 Å². The number of carbonyl (C=O) groups is 2. The van der Waals surface area contributed by atoms with Gasteiger partial charge in [0.05, 0.1) is 10.7 Å². The van der Waals surface area contributed by atoms with Gasteiger partial charge in [0.2, 0.25) is 11.8 Å². The first-order chi connectivity index (χ1) is 10.3. The van der Waals surface area contributed by atoms with E-state index in [1.165, 1.54) is 0 Å². The Balaban J connectivity index is 2.09. The highest BCUT2D eigenvalue weighted by molar-refractivity contribution is 6.33. The largest absolute Gasteiger partial charge is 0.342 e. The van der Waals surface area contributed by atoms with Gasteiger partial charge < -0.3 is 10.2 Å². The Kier molecular flexibility index (Phi) is 5.12. The van der Waals surface area contributed by atoms with E-state index in [1.807, 2.05) is 0 Å². The van der Waals surface area contributed by atoms with Crippen LogP contribution < -0.4 is 5.32 Å². The Bertz CT molecular complexity index is 572. The van der Waals surface area contributed by atoms with Gasteiger partial charge in [0.1, 0.15) is 5.41 Å². The van der Waals surface area contributed by atoms with Crippen molar-refractivity contribution in [3.8, 4) is 0 Å². The normalized spacial score (nSPS) is 18.9. The molecule has 2 amide bonds. The molecule has 5 heteroatoms. The van der Waals surface area contributed by atoms with Crippen LogP contribution in [0.15, 0.2) is 24.3 Å². The molecule has 1 aliphatic heterocycles. The van der Waals surface area contributed by atoms with Crippen LogP contribution in [0.5, 0.6) is 0 Å². The first-order valence-electron chi connectivity index (χ1n) is 7.67. The van der Waals surface area contributed by atoms with E-state index in [0.29, 0.717) is 16.6 Å². The fourth-order valence-electron chi connectivity index (χ4n) is 2.71. The molecule has 120 valence electrons. The maximum atomic E-state index is 12.7. The summed E-state index contributed by atoms with van der Waals surface area (Å²) in [5, 5.41) is 3.23. The highest BCUT2D eigenvalue weighted by atomic mass is 35.5. The van der Waals surface area contributed by atoms with Gasteiger partial charge in [-0.25, -0.2) is 0 Å². The molecule has 0 bridgehead atoms. The highest BCUT2D eigenvalue weighted by Crippen LogP contribution is 2.27. The fourth-order valence-corrected chi connectivity index (χ4v) is 2.89. The van der Waals surface area contributed by atoms with Crippen LogP contribution >= 0.6 is 11.6 Å². The summed E-state index contributed by atoms with van der Waals surface area (Å²) in [6.07, 6.45) is 2.13. The molecule has 0 radical (unpaired) electrons. The standard InChI is InChI=1S/C17H23ClN2O2/c1-12-7-6-10-20(11-12)16(22)17(2,3)15(21)19-14-9-5-4-8-13(14)18/h4-5,8-9,12H,6-7,10-11H2,1-3H3,(H,19,21). The van der Waals surface area contributed by atoms with Crippen molar-refractivity contribution < 1.29 is 9.59 Å². The summed E-state index contributed by atoms with van der Waals surface area (Å²) in [5.74, 6) is 0.0348. The second kappa shape index (κ2) is 6.69. The van der Waals surface area contributed by atoms with E-state index in [4.69, 9.17) is 11.6 Å². The van der Waals surface area contributed by atoms with Crippen molar-refractivity contribution in [1.29, 1.82) is 0 Å². The van der Waals surface area contributed by atoms with Crippen LogP contribution in [0, 0.1) is 11.3 Å². The summed E-state index contributed by atoms with van der Waals surface area (Å²) in [5.41, 5.74) is -0.585. The van der Waals surface area contributed by atoms with Gasteiger partial charge in [-0.05, 0) is 44.7 Å². The van der Waals surface area contributed by atoms with Crippen molar-refractivity contribution in [2.24, 2.45) is 11.3 Å². The third-order valence-corrected chi connectivity index (χ3v) is 4.50. The molecule has 1 saturated heterocycles. The lowest BCUT2D eigenvalue weighted by Crippen LogP contribution is -2.50. The van der Waals surface area contributed by atoms with Crippen molar-refractivity contribution in [3.63, 3.8) is 0 Å². The Morgan fingerprint density at radius 2 is 2.00 bits per heavy atom. The van der Waals surface area contributed by atoms with Gasteiger partial charge in [0.15, 0.2) is 0 Å². The smallest absolute Gasteiger partial charge is 0.239 e. The lowest BCUT2D eigenvalue weighted by molar-refractivity contribution is -0.147. The molecule has 1 aromatic rings. The van der Waals surface area contributed by atoms with Crippen LogP contribution in [0.1, 0.15) is 33.6 Å². The average molecular weight is 323 g/mol. The molecule has 0 spiro atoms. The Labute approximate surface area is 136 Å². The van der Waals surface area contributed by atoms with Crippen LogP contribution in [0.3, 0.4) is 0 Å². The first kappa shape index (κ1) is 16.8. The molecule has 0 aromatic heterocycles. The topological polar surface area (TPSA) is 49.4 Å². The third-order valence-electron chi connectivity index (χ3n) is 4.17. The number of anilines is 1. The molecule has 4 nitrogen and oxygen atoms in total. The predicted molar refractivity (Wildman–Crippen MR) is 88.8 cm³/mol. The molecule has 1 aliphatic rings. The molecule has 1 heterocycles. The maximum absolute atomic E-state index is 12.7. The molecular weight excluding hydrogens is 300 g/mol. The van der Waals surface area contributed by atoms with E-state index in [9.17, 15) is 9.59 Å². The van der Waals surface area contributed by atoms with Crippen LogP contribution in [-0.4, -0.2) is 29.8 Å². The minimum Gasteiger partial charge on any atom is -0.342 e. The summed E-state index contributed by atoms with van der Waals surface area (Å²) in [7, 11) is 0. The third kappa shape index (κ3) is 3.61. The zero-order valence-corrected chi connectivity index (χ0v) is 14.1. The molecule has 1 atom stereocenters. The number of carbonyl (C=O) groups excluding carboxylic acids is 2. The van der Waals surface area contributed by atoms with Crippen LogP contribution in [0.4, 0.5) is 5.69 Å². The van der Waals surface area contributed by atoms with Crippen molar-refractivity contribution in [3.05, 3.63) is 29.3 Å². The number of piperidine rings is 1. The quantitative estimate of drug-likeness (QED) is 0.865. The van der Waals surface area contributed by atoms with Crippen molar-refractivity contribution >= 4 is 29.1 Å². The monoisotopic (exact) mass is 322 g/mol. The zero-order chi connectivity index (χ0) is 16.3. The molecule has 1 aromatic carbocycles. The molecular formula is C17H23ClN2O2. The number of likely N-dealkylation sites (tertiary alicyclic amines) is 1. The van der Waals surface area contributed by atoms with Gasteiger partial charge in [0.25, 0.3) is 0 Å². The van der Waals surface area contributed by atoms with Crippen LogP contribution in [0.2, 0.25) is 5.02 Å². The molecule has 1 fully saturated rings. The number of rotatable bonds is 3.